The molecule has 1 atom stereocenters. The molecule has 6 heteroatoms. The first-order valence-corrected chi connectivity index (χ1v) is 10.2. The molecular formula is C20H22IN5. The Labute approximate surface area is 166 Å². The first-order chi connectivity index (χ1) is 12.6. The Kier molecular flexibility index (Phi) is 3.76. The molecule has 1 fully saturated rings. The topological polar surface area (TPSA) is 59.5 Å². The van der Waals surface area contributed by atoms with Crippen LogP contribution in [-0.4, -0.2) is 27.5 Å². The molecule has 1 aliphatic carbocycles. The number of imidazole rings is 1. The predicted octanol–water partition coefficient (Wildman–Crippen LogP) is 3.49. The van der Waals surface area contributed by atoms with Crippen LogP contribution in [0.25, 0.3) is 5.65 Å². The van der Waals surface area contributed by atoms with Crippen LogP contribution >= 0.6 is 22.6 Å². The van der Waals surface area contributed by atoms with Gasteiger partial charge in [-0.3, -0.25) is 4.40 Å². The minimum absolute atomic E-state index is 0.153. The van der Waals surface area contributed by atoms with Crippen molar-refractivity contribution >= 4 is 34.2 Å². The van der Waals surface area contributed by atoms with E-state index in [9.17, 15) is 0 Å². The van der Waals surface area contributed by atoms with Crippen molar-refractivity contribution in [2.45, 2.75) is 32.2 Å². The summed E-state index contributed by atoms with van der Waals surface area (Å²) in [5.41, 5.74) is 11.7. The van der Waals surface area contributed by atoms with E-state index in [0.29, 0.717) is 0 Å². The minimum atomic E-state index is 0.153. The van der Waals surface area contributed by atoms with Crippen molar-refractivity contribution < 1.29 is 0 Å². The van der Waals surface area contributed by atoms with Gasteiger partial charge in [-0.05, 0) is 65.3 Å². The molecule has 0 amide bonds. The zero-order valence-electron chi connectivity index (χ0n) is 14.8. The number of halogens is 1. The van der Waals surface area contributed by atoms with Gasteiger partial charge in [0.2, 0.25) is 5.95 Å². The molecule has 2 aliphatic rings. The summed E-state index contributed by atoms with van der Waals surface area (Å²) in [6.45, 7) is 4.04. The number of hydrogen-bond donors (Lipinski definition) is 1. The summed E-state index contributed by atoms with van der Waals surface area (Å²) in [4.78, 5) is 11.8. The van der Waals surface area contributed by atoms with Crippen LogP contribution in [0.4, 0.5) is 5.95 Å². The van der Waals surface area contributed by atoms with Crippen molar-refractivity contribution in [2.75, 3.05) is 18.0 Å². The molecule has 0 saturated carbocycles. The number of piperidine rings is 1. The second-order valence-electron chi connectivity index (χ2n) is 7.63. The van der Waals surface area contributed by atoms with E-state index in [0.717, 1.165) is 53.2 Å². The number of hydrogen-bond acceptors (Lipinski definition) is 4. The third-order valence-electron chi connectivity index (χ3n) is 6.27. The van der Waals surface area contributed by atoms with Gasteiger partial charge < -0.3 is 10.6 Å². The molecule has 26 heavy (non-hydrogen) atoms. The quantitative estimate of drug-likeness (QED) is 0.567. The van der Waals surface area contributed by atoms with E-state index in [1.807, 2.05) is 12.4 Å². The normalized spacial score (nSPS) is 21.5. The van der Waals surface area contributed by atoms with Gasteiger partial charge in [0.1, 0.15) is 0 Å². The zero-order valence-corrected chi connectivity index (χ0v) is 17.0. The largest absolute Gasteiger partial charge is 0.342 e. The maximum Gasteiger partial charge on any atom is 0.211 e. The van der Waals surface area contributed by atoms with Crippen molar-refractivity contribution in [1.29, 1.82) is 0 Å². The lowest BCUT2D eigenvalue weighted by molar-refractivity contribution is 0.186. The lowest BCUT2D eigenvalue weighted by Gasteiger charge is -2.42. The minimum Gasteiger partial charge on any atom is -0.342 e. The summed E-state index contributed by atoms with van der Waals surface area (Å²) >= 11 is 2.33. The maximum absolute atomic E-state index is 6.71. The van der Waals surface area contributed by atoms with Crippen LogP contribution in [0, 0.1) is 15.9 Å². The van der Waals surface area contributed by atoms with E-state index < -0.39 is 0 Å². The highest BCUT2D eigenvalue weighted by Gasteiger charge is 2.46. The van der Waals surface area contributed by atoms with Gasteiger partial charge in [-0.2, -0.15) is 0 Å². The van der Waals surface area contributed by atoms with Gasteiger partial charge >= 0.3 is 0 Å². The SMILES string of the molecule is Cc1nc(N2CCC3(CC2)Cc2ccccc2[C@H]3N)n2ccnc2c1I. The van der Waals surface area contributed by atoms with Crippen LogP contribution < -0.4 is 10.6 Å². The van der Waals surface area contributed by atoms with Crippen LogP contribution in [0.3, 0.4) is 0 Å². The van der Waals surface area contributed by atoms with E-state index in [4.69, 9.17) is 10.7 Å². The molecule has 2 aromatic heterocycles. The number of aromatic nitrogens is 3. The number of nitrogens with zero attached hydrogens (tertiary/aromatic N) is 4. The smallest absolute Gasteiger partial charge is 0.211 e. The molecule has 0 bridgehead atoms. The van der Waals surface area contributed by atoms with Crippen molar-refractivity contribution in [2.24, 2.45) is 11.1 Å². The molecule has 134 valence electrons. The molecule has 1 spiro atoms. The molecule has 0 unspecified atom stereocenters. The molecule has 2 N–H and O–H groups in total. The fourth-order valence-corrected chi connectivity index (χ4v) is 5.24. The van der Waals surface area contributed by atoms with Gasteiger partial charge in [-0.1, -0.05) is 24.3 Å². The Hall–Kier alpha value is -1.67. The summed E-state index contributed by atoms with van der Waals surface area (Å²) in [5.74, 6) is 1.01. The molecule has 5 nitrogen and oxygen atoms in total. The Morgan fingerprint density at radius 2 is 2.00 bits per heavy atom. The summed E-state index contributed by atoms with van der Waals surface area (Å²) in [6, 6.07) is 8.85. The van der Waals surface area contributed by atoms with E-state index in [1.165, 1.54) is 11.1 Å². The summed E-state index contributed by atoms with van der Waals surface area (Å²) < 4.78 is 3.24. The number of rotatable bonds is 1. The van der Waals surface area contributed by atoms with E-state index >= 15 is 0 Å². The monoisotopic (exact) mass is 459 g/mol. The molecule has 0 radical (unpaired) electrons. The Morgan fingerprint density at radius 1 is 1.23 bits per heavy atom. The lowest BCUT2D eigenvalue weighted by Crippen LogP contribution is -2.45. The Morgan fingerprint density at radius 3 is 2.77 bits per heavy atom. The number of aryl methyl sites for hydroxylation is 1. The predicted molar refractivity (Wildman–Crippen MR) is 111 cm³/mol. The summed E-state index contributed by atoms with van der Waals surface area (Å²) in [7, 11) is 0. The zero-order chi connectivity index (χ0) is 17.9. The standard InChI is InChI=1S/C20H22IN5/c1-13-16(21)18-23-8-11-26(18)19(24-13)25-9-6-20(7-10-25)12-14-4-2-3-5-15(14)17(20)22/h2-5,8,11,17H,6-7,9-10,12,22H2,1H3/t17-/m1/s1. The fourth-order valence-electron chi connectivity index (χ4n) is 4.72. The van der Waals surface area contributed by atoms with Crippen molar-refractivity contribution in [3.63, 3.8) is 0 Å². The van der Waals surface area contributed by atoms with Crippen LogP contribution in [-0.2, 0) is 6.42 Å². The maximum atomic E-state index is 6.71. The van der Waals surface area contributed by atoms with Crippen LogP contribution in [0.2, 0.25) is 0 Å². The molecule has 3 aromatic rings. The van der Waals surface area contributed by atoms with Gasteiger partial charge in [0.15, 0.2) is 5.65 Å². The van der Waals surface area contributed by atoms with E-state index in [-0.39, 0.29) is 11.5 Å². The molecule has 1 aromatic carbocycles. The van der Waals surface area contributed by atoms with Crippen molar-refractivity contribution in [1.82, 2.24) is 14.4 Å². The van der Waals surface area contributed by atoms with Gasteiger partial charge in [-0.15, -0.1) is 0 Å². The first kappa shape index (κ1) is 16.5. The van der Waals surface area contributed by atoms with Crippen LogP contribution in [0.15, 0.2) is 36.7 Å². The van der Waals surface area contributed by atoms with Crippen LogP contribution in [0.1, 0.15) is 35.7 Å². The highest BCUT2D eigenvalue weighted by Crippen LogP contribution is 2.50. The number of fused-ring (bicyclic) bond motifs is 2. The second kappa shape index (κ2) is 5.92. The third kappa shape index (κ3) is 2.31. The fraction of sp³-hybridized carbons (Fsp3) is 0.400. The average molecular weight is 459 g/mol. The highest BCUT2D eigenvalue weighted by atomic mass is 127. The molecule has 1 aliphatic heterocycles. The Bertz CT molecular complexity index is 987. The van der Waals surface area contributed by atoms with Gasteiger partial charge in [0.05, 0.1) is 9.26 Å². The van der Waals surface area contributed by atoms with Crippen LogP contribution in [0.5, 0.6) is 0 Å². The van der Waals surface area contributed by atoms with Crippen molar-refractivity contribution in [3.05, 3.63) is 57.1 Å². The molecule has 1 saturated heterocycles. The summed E-state index contributed by atoms with van der Waals surface area (Å²) in [6.07, 6.45) is 7.19. The van der Waals surface area contributed by atoms with E-state index in [2.05, 4.69) is 68.1 Å². The number of anilines is 1. The first-order valence-electron chi connectivity index (χ1n) is 9.17. The summed E-state index contributed by atoms with van der Waals surface area (Å²) in [5, 5.41) is 0. The third-order valence-corrected chi connectivity index (χ3v) is 7.54. The highest BCUT2D eigenvalue weighted by molar-refractivity contribution is 14.1. The molecule has 5 rings (SSSR count). The number of benzene rings is 1. The van der Waals surface area contributed by atoms with Gasteiger partial charge in [-0.25, -0.2) is 9.97 Å². The number of nitrogens with two attached hydrogens (primary N) is 1. The molecule has 3 heterocycles. The lowest BCUT2D eigenvalue weighted by atomic mass is 9.73. The van der Waals surface area contributed by atoms with E-state index in [1.54, 1.807) is 0 Å². The van der Waals surface area contributed by atoms with Crippen molar-refractivity contribution in [3.8, 4) is 0 Å². The van der Waals surface area contributed by atoms with Gasteiger partial charge in [0, 0.05) is 31.5 Å². The van der Waals surface area contributed by atoms with Gasteiger partial charge in [0.25, 0.3) is 0 Å². The molecular weight excluding hydrogens is 437 g/mol. The average Bonchev–Trinajstić information content (AvgIpc) is 3.24. The Balaban J connectivity index is 1.44. The second-order valence-corrected chi connectivity index (χ2v) is 8.71.